The first-order valence-electron chi connectivity index (χ1n) is 8.77. The monoisotopic (exact) mass is 451 g/mol. The highest BCUT2D eigenvalue weighted by atomic mass is 35.5. The molecule has 156 valence electrons. The summed E-state index contributed by atoms with van der Waals surface area (Å²) in [6.07, 6.45) is 1.55. The summed E-state index contributed by atoms with van der Waals surface area (Å²) in [4.78, 5) is 40.9. The zero-order valence-corrected chi connectivity index (χ0v) is 17.5. The fraction of sp³-hybridized carbons (Fsp3) is 0.211. The maximum atomic E-state index is 12.7. The Labute approximate surface area is 180 Å². The minimum absolute atomic E-state index is 0.0368. The van der Waals surface area contributed by atoms with Gasteiger partial charge in [0.15, 0.2) is 10.4 Å². The number of carboxylic acids is 1. The molecule has 2 aromatic heterocycles. The van der Waals surface area contributed by atoms with E-state index in [0.29, 0.717) is 22.8 Å². The lowest BCUT2D eigenvalue weighted by Crippen LogP contribution is -2.24. The third-order valence-electron chi connectivity index (χ3n) is 4.42. The fourth-order valence-electron chi connectivity index (χ4n) is 3.14. The predicted octanol–water partition coefficient (Wildman–Crippen LogP) is 3.76. The van der Waals surface area contributed by atoms with Crippen LogP contribution in [0.4, 0.5) is 5.82 Å². The number of benzene rings is 1. The summed E-state index contributed by atoms with van der Waals surface area (Å²) in [6.45, 7) is 2.31. The first-order valence-corrected chi connectivity index (χ1v) is 9.52. The van der Waals surface area contributed by atoms with Gasteiger partial charge in [-0.25, -0.2) is 4.79 Å². The smallest absolute Gasteiger partial charge is 0.434 e. The van der Waals surface area contributed by atoms with E-state index in [2.05, 4.69) is 9.94 Å². The van der Waals surface area contributed by atoms with Gasteiger partial charge in [0, 0.05) is 23.9 Å². The van der Waals surface area contributed by atoms with E-state index >= 15 is 0 Å². The fourth-order valence-corrected chi connectivity index (χ4v) is 3.43. The van der Waals surface area contributed by atoms with Gasteiger partial charge in [-0.1, -0.05) is 29.3 Å². The van der Waals surface area contributed by atoms with E-state index in [1.54, 1.807) is 16.8 Å². The third-order valence-corrected chi connectivity index (χ3v) is 5.16. The average molecular weight is 452 g/mol. The van der Waals surface area contributed by atoms with Crippen LogP contribution in [0.15, 0.2) is 41.3 Å². The molecule has 0 bridgehead atoms. The molecular formula is C19H17Cl2N4O5+. The normalized spacial score (nSPS) is 10.8. The van der Waals surface area contributed by atoms with Crippen molar-refractivity contribution in [1.29, 1.82) is 0 Å². The van der Waals surface area contributed by atoms with Gasteiger partial charge in [0.1, 0.15) is 19.2 Å². The SMILES string of the molecule is CCn1c(Cn2ccc([N+](=O)OC)n2)cc(=O)c(C(=O)O)c1-c1ccc(Cl)c(Cl)c1. The Hall–Kier alpha value is -3.17. The second kappa shape index (κ2) is 8.68. The molecule has 0 atom stereocenters. The summed E-state index contributed by atoms with van der Waals surface area (Å²) >= 11 is 12.1. The van der Waals surface area contributed by atoms with E-state index in [-0.39, 0.29) is 33.6 Å². The number of halogens is 2. The molecule has 1 aromatic carbocycles. The van der Waals surface area contributed by atoms with Gasteiger partial charge >= 0.3 is 11.8 Å². The molecule has 0 aliphatic carbocycles. The van der Waals surface area contributed by atoms with Crippen molar-refractivity contribution in [2.45, 2.75) is 20.0 Å². The van der Waals surface area contributed by atoms with E-state index < -0.39 is 11.4 Å². The summed E-state index contributed by atoms with van der Waals surface area (Å²) in [5.41, 5.74) is 0.121. The van der Waals surface area contributed by atoms with Gasteiger partial charge in [0.2, 0.25) is 0 Å². The van der Waals surface area contributed by atoms with Gasteiger partial charge in [-0.05, 0) is 24.0 Å². The molecular weight excluding hydrogens is 435 g/mol. The molecule has 11 heteroatoms. The van der Waals surface area contributed by atoms with Gasteiger partial charge in [-0.3, -0.25) is 4.79 Å². The van der Waals surface area contributed by atoms with Crippen LogP contribution in [0.25, 0.3) is 11.3 Å². The highest BCUT2D eigenvalue weighted by molar-refractivity contribution is 6.42. The number of hydrogen-bond donors (Lipinski definition) is 1. The minimum Gasteiger partial charge on any atom is -0.477 e. The Morgan fingerprint density at radius 3 is 2.57 bits per heavy atom. The topological polar surface area (TPSA) is 106 Å². The second-order valence-corrected chi connectivity index (χ2v) is 7.03. The maximum absolute atomic E-state index is 12.7. The number of hydrogen-bond acceptors (Lipinski definition) is 5. The van der Waals surface area contributed by atoms with E-state index in [1.165, 1.54) is 36.1 Å². The van der Waals surface area contributed by atoms with Crippen LogP contribution in [0.1, 0.15) is 23.0 Å². The average Bonchev–Trinajstić information content (AvgIpc) is 3.17. The van der Waals surface area contributed by atoms with Crippen LogP contribution < -0.4 is 5.43 Å². The number of nitrogens with zero attached hydrogens (tertiary/aromatic N) is 4. The zero-order chi connectivity index (χ0) is 22.0. The van der Waals surface area contributed by atoms with Crippen molar-refractivity contribution >= 4 is 35.0 Å². The molecule has 0 fully saturated rings. The molecule has 1 N–H and O–H groups in total. The van der Waals surface area contributed by atoms with Crippen LogP contribution in [-0.2, 0) is 17.9 Å². The highest BCUT2D eigenvalue weighted by Crippen LogP contribution is 2.30. The lowest BCUT2D eigenvalue weighted by Gasteiger charge is -2.19. The Balaban J connectivity index is 2.20. The minimum atomic E-state index is -1.35. The van der Waals surface area contributed by atoms with Crippen molar-refractivity contribution in [3.8, 4) is 11.3 Å². The van der Waals surface area contributed by atoms with Crippen molar-refractivity contribution in [1.82, 2.24) is 14.3 Å². The molecule has 0 radical (unpaired) electrons. The first kappa shape index (κ1) is 21.5. The van der Waals surface area contributed by atoms with Gasteiger partial charge in [0.05, 0.1) is 33.1 Å². The summed E-state index contributed by atoms with van der Waals surface area (Å²) in [5.74, 6) is -1.31. The van der Waals surface area contributed by atoms with E-state index in [9.17, 15) is 19.6 Å². The van der Waals surface area contributed by atoms with Crippen LogP contribution in [0, 0.1) is 4.91 Å². The molecule has 0 saturated carbocycles. The van der Waals surface area contributed by atoms with Gasteiger partial charge < -0.3 is 14.5 Å². The largest absolute Gasteiger partial charge is 0.477 e. The van der Waals surface area contributed by atoms with Crippen LogP contribution in [0.5, 0.6) is 0 Å². The van der Waals surface area contributed by atoms with Crippen LogP contribution >= 0.6 is 23.2 Å². The lowest BCUT2D eigenvalue weighted by atomic mass is 10.0. The first-order chi connectivity index (χ1) is 14.3. The van der Waals surface area contributed by atoms with Crippen molar-refractivity contribution in [2.24, 2.45) is 0 Å². The molecule has 0 spiro atoms. The summed E-state index contributed by atoms with van der Waals surface area (Å²) < 4.78 is 3.14. The second-order valence-electron chi connectivity index (χ2n) is 6.21. The zero-order valence-electron chi connectivity index (χ0n) is 16.0. The van der Waals surface area contributed by atoms with Crippen molar-refractivity contribution in [3.63, 3.8) is 0 Å². The van der Waals surface area contributed by atoms with E-state index in [1.807, 2.05) is 6.92 Å². The number of rotatable bonds is 7. The summed E-state index contributed by atoms with van der Waals surface area (Å²) in [5, 5.41) is 14.3. The molecule has 0 unspecified atom stereocenters. The predicted molar refractivity (Wildman–Crippen MR) is 110 cm³/mol. The standard InChI is InChI=1S/C19H16Cl2N4O5/c1-3-24-12(10-23-7-6-16(22-23)25(29)30-2)9-15(26)17(19(27)28)18(24)11-4-5-13(20)14(21)8-11/h4-9H,3,10H2,1-2H3/p+1. The van der Waals surface area contributed by atoms with Gasteiger partial charge in [-0.2, -0.15) is 4.68 Å². The van der Waals surface area contributed by atoms with Crippen molar-refractivity contribution in [3.05, 3.63) is 73.0 Å². The molecule has 2 heterocycles. The molecule has 3 aromatic rings. The molecule has 3 rings (SSSR count). The number of carbonyl (C=O) groups is 1. The van der Waals surface area contributed by atoms with Gasteiger partial charge in [0.25, 0.3) is 0 Å². The highest BCUT2D eigenvalue weighted by Gasteiger charge is 2.24. The van der Waals surface area contributed by atoms with Crippen LogP contribution in [0.2, 0.25) is 10.0 Å². The Morgan fingerprint density at radius 1 is 1.23 bits per heavy atom. The third kappa shape index (κ3) is 4.07. The number of aromatic nitrogens is 3. The van der Waals surface area contributed by atoms with Gasteiger partial charge in [-0.15, -0.1) is 0 Å². The Morgan fingerprint density at radius 2 is 1.97 bits per heavy atom. The molecule has 0 amide bonds. The molecule has 0 saturated heterocycles. The summed E-state index contributed by atoms with van der Waals surface area (Å²) in [7, 11) is 1.22. The number of aromatic carboxylic acids is 1. The van der Waals surface area contributed by atoms with Crippen LogP contribution in [0.3, 0.4) is 0 Å². The molecule has 0 aliphatic rings. The van der Waals surface area contributed by atoms with Crippen molar-refractivity contribution in [2.75, 3.05) is 7.11 Å². The van der Waals surface area contributed by atoms with E-state index in [0.717, 1.165) is 0 Å². The molecule has 9 nitrogen and oxygen atoms in total. The summed E-state index contributed by atoms with van der Waals surface area (Å²) in [6, 6.07) is 7.36. The lowest BCUT2D eigenvalue weighted by molar-refractivity contribution is -0.739. The van der Waals surface area contributed by atoms with Crippen LogP contribution in [-0.4, -0.2) is 37.5 Å². The maximum Gasteiger partial charge on any atom is 0.434 e. The molecule has 0 aliphatic heterocycles. The van der Waals surface area contributed by atoms with E-state index in [4.69, 9.17) is 23.2 Å². The quantitative estimate of drug-likeness (QED) is 0.548. The Bertz CT molecular complexity index is 1200. The Kier molecular flexibility index (Phi) is 6.23. The number of pyridine rings is 1. The number of carboxylic acid groups (broad SMARTS) is 1. The molecule has 30 heavy (non-hydrogen) atoms. The van der Waals surface area contributed by atoms with Crippen molar-refractivity contribution < 1.29 is 19.7 Å².